The number of H-pyrrole nitrogens is 1. The number of methoxy groups -OCH3 is 1. The lowest BCUT2D eigenvalue weighted by atomic mass is 9.68. The van der Waals surface area contributed by atoms with E-state index in [1.165, 1.54) is 16.5 Å². The van der Waals surface area contributed by atoms with Crippen LogP contribution in [0.15, 0.2) is 48.5 Å². The summed E-state index contributed by atoms with van der Waals surface area (Å²) in [6.07, 6.45) is 1.91. The molecule has 1 fully saturated rings. The van der Waals surface area contributed by atoms with E-state index in [-0.39, 0.29) is 24.1 Å². The molecule has 1 aromatic heterocycles. The van der Waals surface area contributed by atoms with E-state index < -0.39 is 6.04 Å². The highest BCUT2D eigenvalue weighted by Gasteiger charge is 2.48. The van der Waals surface area contributed by atoms with E-state index in [0.717, 1.165) is 49.4 Å². The fourth-order valence-corrected chi connectivity index (χ4v) is 5.94. The Labute approximate surface area is 207 Å². The van der Waals surface area contributed by atoms with Crippen LogP contribution < -0.4 is 10.1 Å². The number of likely N-dealkylation sites (tertiary alicyclic amines) is 1. The maximum absolute atomic E-state index is 13.3. The van der Waals surface area contributed by atoms with Crippen molar-refractivity contribution in [3.8, 4) is 5.75 Å². The molecule has 2 aliphatic heterocycles. The van der Waals surface area contributed by atoms with Crippen LogP contribution in [0.25, 0.3) is 10.9 Å². The molecule has 186 valence electrons. The molecule has 7 heteroatoms. The van der Waals surface area contributed by atoms with Crippen molar-refractivity contribution in [2.24, 2.45) is 0 Å². The number of nitrogens with one attached hydrogen (secondary N) is 2. The SMILES string of the molecule is COc1ccc2c3c([nH]c2c1)[C@@H](CO)N(C(=O)NC(C)C)CC31CCN(Cc2ccccc2)CC1. The Morgan fingerprint density at radius 2 is 1.94 bits per heavy atom. The van der Waals surface area contributed by atoms with E-state index in [0.29, 0.717) is 6.54 Å². The van der Waals surface area contributed by atoms with Gasteiger partial charge in [0.25, 0.3) is 0 Å². The van der Waals surface area contributed by atoms with Crippen LogP contribution in [0.1, 0.15) is 49.6 Å². The second kappa shape index (κ2) is 9.55. The van der Waals surface area contributed by atoms with Crippen LogP contribution in [0.2, 0.25) is 0 Å². The van der Waals surface area contributed by atoms with Crippen molar-refractivity contribution in [3.63, 3.8) is 0 Å². The zero-order chi connectivity index (χ0) is 24.6. The quantitative estimate of drug-likeness (QED) is 0.516. The Morgan fingerprint density at radius 3 is 2.60 bits per heavy atom. The molecule has 2 amide bonds. The number of benzene rings is 2. The van der Waals surface area contributed by atoms with Gasteiger partial charge in [0.15, 0.2) is 0 Å². The molecule has 0 bridgehead atoms. The van der Waals surface area contributed by atoms with E-state index in [1.54, 1.807) is 7.11 Å². The molecule has 1 spiro atoms. The van der Waals surface area contributed by atoms with Gasteiger partial charge in [0.1, 0.15) is 5.75 Å². The molecule has 3 N–H and O–H groups in total. The minimum atomic E-state index is -0.407. The number of carbonyl (C=O) groups excluding carboxylic acids is 1. The van der Waals surface area contributed by atoms with Crippen molar-refractivity contribution >= 4 is 16.9 Å². The predicted octanol–water partition coefficient (Wildman–Crippen LogP) is 4.18. The maximum Gasteiger partial charge on any atom is 0.318 e. The molecule has 35 heavy (non-hydrogen) atoms. The van der Waals surface area contributed by atoms with Crippen LogP contribution in [-0.2, 0) is 12.0 Å². The van der Waals surface area contributed by atoms with Gasteiger partial charge in [-0.2, -0.15) is 0 Å². The third-order valence-electron chi connectivity index (χ3n) is 7.66. The lowest BCUT2D eigenvalue weighted by Crippen LogP contribution is -2.57. The van der Waals surface area contributed by atoms with Crippen molar-refractivity contribution in [2.75, 3.05) is 33.4 Å². The van der Waals surface area contributed by atoms with Crippen LogP contribution in [-0.4, -0.2) is 65.3 Å². The molecule has 0 aliphatic carbocycles. The summed E-state index contributed by atoms with van der Waals surface area (Å²) in [5.41, 5.74) is 4.37. The Balaban J connectivity index is 1.53. The van der Waals surface area contributed by atoms with E-state index in [1.807, 2.05) is 30.9 Å². The number of rotatable bonds is 5. The minimum absolute atomic E-state index is 0.0267. The number of hydrogen-bond acceptors (Lipinski definition) is 4. The molecule has 1 saturated heterocycles. The van der Waals surface area contributed by atoms with Crippen LogP contribution in [0.3, 0.4) is 0 Å². The zero-order valence-corrected chi connectivity index (χ0v) is 20.9. The Morgan fingerprint density at radius 1 is 1.20 bits per heavy atom. The molecule has 7 nitrogen and oxygen atoms in total. The highest BCUT2D eigenvalue weighted by Crippen LogP contribution is 2.49. The van der Waals surface area contributed by atoms with Gasteiger partial charge in [-0.05, 0) is 63.0 Å². The maximum atomic E-state index is 13.3. The smallest absolute Gasteiger partial charge is 0.318 e. The largest absolute Gasteiger partial charge is 0.497 e. The van der Waals surface area contributed by atoms with Gasteiger partial charge >= 0.3 is 6.03 Å². The van der Waals surface area contributed by atoms with Crippen LogP contribution in [0.5, 0.6) is 5.75 Å². The van der Waals surface area contributed by atoms with Crippen molar-refractivity contribution in [3.05, 3.63) is 65.4 Å². The zero-order valence-electron chi connectivity index (χ0n) is 20.9. The first kappa shape index (κ1) is 23.7. The summed E-state index contributed by atoms with van der Waals surface area (Å²) in [4.78, 5) is 21.2. The molecule has 5 rings (SSSR count). The molecule has 0 radical (unpaired) electrons. The number of urea groups is 1. The normalized spacial score (nSPS) is 19.8. The number of fused-ring (bicyclic) bond motifs is 4. The topological polar surface area (TPSA) is 80.8 Å². The van der Waals surface area contributed by atoms with E-state index >= 15 is 0 Å². The summed E-state index contributed by atoms with van der Waals surface area (Å²) in [7, 11) is 1.67. The summed E-state index contributed by atoms with van der Waals surface area (Å²) >= 11 is 0. The van der Waals surface area contributed by atoms with Crippen LogP contribution in [0, 0.1) is 0 Å². The van der Waals surface area contributed by atoms with Crippen LogP contribution >= 0.6 is 0 Å². The van der Waals surface area contributed by atoms with Crippen molar-refractivity contribution in [1.82, 2.24) is 20.1 Å². The average molecular weight is 477 g/mol. The van der Waals surface area contributed by atoms with Gasteiger partial charge in [-0.15, -0.1) is 0 Å². The molecule has 1 atom stereocenters. The molecular formula is C28H36N4O3. The number of nitrogens with zero attached hydrogens (tertiary/aromatic N) is 2. The average Bonchev–Trinajstić information content (AvgIpc) is 3.25. The van der Waals surface area contributed by atoms with E-state index in [4.69, 9.17) is 4.74 Å². The number of hydrogen-bond donors (Lipinski definition) is 3. The number of aliphatic hydroxyl groups is 1. The number of aromatic amines is 1. The van der Waals surface area contributed by atoms with Crippen molar-refractivity contribution in [2.45, 2.75) is 50.7 Å². The van der Waals surface area contributed by atoms with E-state index in [9.17, 15) is 9.90 Å². The van der Waals surface area contributed by atoms with Gasteiger partial charge in [-0.3, -0.25) is 4.90 Å². The molecule has 0 unspecified atom stereocenters. The molecule has 2 aliphatic rings. The second-order valence-electron chi connectivity index (χ2n) is 10.3. The van der Waals surface area contributed by atoms with Gasteiger partial charge in [0, 0.05) is 47.2 Å². The summed E-state index contributed by atoms with van der Waals surface area (Å²) in [5.74, 6) is 0.790. The lowest BCUT2D eigenvalue weighted by molar-refractivity contribution is 0.0656. The fraction of sp³-hybridized carbons (Fsp3) is 0.464. The fourth-order valence-electron chi connectivity index (χ4n) is 5.94. The number of aliphatic hydroxyl groups excluding tert-OH is 1. The summed E-state index contributed by atoms with van der Waals surface area (Å²) in [6.45, 7) is 7.26. The number of amides is 2. The predicted molar refractivity (Wildman–Crippen MR) is 138 cm³/mol. The molecule has 2 aromatic carbocycles. The van der Waals surface area contributed by atoms with Gasteiger partial charge in [-0.1, -0.05) is 30.3 Å². The third kappa shape index (κ3) is 4.39. The van der Waals surface area contributed by atoms with Gasteiger partial charge < -0.3 is 25.0 Å². The number of carbonyl (C=O) groups is 1. The lowest BCUT2D eigenvalue weighted by Gasteiger charge is -2.50. The highest BCUT2D eigenvalue weighted by atomic mass is 16.5. The number of ether oxygens (including phenoxy) is 1. The summed E-state index contributed by atoms with van der Waals surface area (Å²) < 4.78 is 5.47. The van der Waals surface area contributed by atoms with E-state index in [2.05, 4.69) is 51.6 Å². The van der Waals surface area contributed by atoms with Gasteiger partial charge in [0.2, 0.25) is 0 Å². The molecule has 3 heterocycles. The third-order valence-corrected chi connectivity index (χ3v) is 7.66. The first-order valence-electron chi connectivity index (χ1n) is 12.6. The second-order valence-corrected chi connectivity index (χ2v) is 10.3. The summed E-state index contributed by atoms with van der Waals surface area (Å²) in [5, 5.41) is 14.7. The first-order chi connectivity index (χ1) is 16.9. The molecular weight excluding hydrogens is 440 g/mol. The van der Waals surface area contributed by atoms with Crippen molar-refractivity contribution in [1.29, 1.82) is 0 Å². The van der Waals surface area contributed by atoms with Gasteiger partial charge in [-0.25, -0.2) is 4.79 Å². The molecule has 3 aromatic rings. The molecule has 0 saturated carbocycles. The standard InChI is InChI=1S/C28H36N4O3/c1-19(2)29-27(34)32-18-28(11-13-31(14-12-28)16-20-7-5-4-6-8-20)25-22-10-9-21(35-3)15-23(22)30-26(25)24(32)17-33/h4-10,15,19,24,30,33H,11-14,16-18H2,1-3H3,(H,29,34)/t24-/m1/s1. The number of piperidine rings is 1. The minimum Gasteiger partial charge on any atom is -0.497 e. The Bertz CT molecular complexity index is 1180. The first-order valence-corrected chi connectivity index (χ1v) is 12.6. The Hall–Kier alpha value is -3.03. The van der Waals surface area contributed by atoms with Crippen molar-refractivity contribution < 1.29 is 14.6 Å². The highest BCUT2D eigenvalue weighted by molar-refractivity contribution is 5.88. The monoisotopic (exact) mass is 476 g/mol. The van der Waals surface area contributed by atoms with Gasteiger partial charge in [0.05, 0.1) is 19.8 Å². The Kier molecular flexibility index (Phi) is 6.47. The summed E-state index contributed by atoms with van der Waals surface area (Å²) in [6, 6.07) is 16.2. The number of aromatic nitrogens is 1. The van der Waals surface area contributed by atoms with Crippen LogP contribution in [0.4, 0.5) is 4.79 Å².